The molecule has 4 heteroatoms. The molecule has 18 heavy (non-hydrogen) atoms. The minimum atomic E-state index is -0.266. The Hall–Kier alpha value is -1.13. The fraction of sp³-hybridized carbons (Fsp3) is 0.0714. The van der Waals surface area contributed by atoms with Crippen LogP contribution in [0.1, 0.15) is 10.4 Å². The molecule has 2 aromatic carbocycles. The topological polar surface area (TPSA) is 17.1 Å². The van der Waals surface area contributed by atoms with E-state index in [1.54, 1.807) is 24.3 Å². The number of rotatable bonds is 4. The summed E-state index contributed by atoms with van der Waals surface area (Å²) in [5, 5.41) is 0. The van der Waals surface area contributed by atoms with Crippen LogP contribution in [0.4, 0.5) is 4.39 Å². The summed E-state index contributed by atoms with van der Waals surface area (Å²) in [6, 6.07) is 13.4. The molecule has 0 aliphatic rings. The van der Waals surface area contributed by atoms with Crippen LogP contribution in [0.3, 0.4) is 0 Å². The molecule has 0 spiro atoms. The summed E-state index contributed by atoms with van der Waals surface area (Å²) < 4.78 is 13.6. The van der Waals surface area contributed by atoms with Crippen molar-refractivity contribution >= 4 is 33.5 Å². The first-order valence-electron chi connectivity index (χ1n) is 5.32. The smallest absolute Gasteiger partial charge is 0.173 e. The Morgan fingerprint density at radius 2 is 1.89 bits per heavy atom. The Kier molecular flexibility index (Phi) is 4.55. The summed E-state index contributed by atoms with van der Waals surface area (Å²) in [7, 11) is 0. The number of thioether (sulfide) groups is 1. The van der Waals surface area contributed by atoms with E-state index in [0.29, 0.717) is 11.3 Å². The number of ketones is 1. The lowest BCUT2D eigenvalue weighted by atomic mass is 10.2. The molecule has 0 radical (unpaired) electrons. The SMILES string of the molecule is O=C(CSc1ccc(F)cc1)c1cccc(Br)c1. The van der Waals surface area contributed by atoms with Crippen molar-refractivity contribution < 1.29 is 9.18 Å². The Balaban J connectivity index is 1.98. The highest BCUT2D eigenvalue weighted by Gasteiger charge is 2.07. The molecule has 0 aliphatic heterocycles. The van der Waals surface area contributed by atoms with E-state index in [0.717, 1.165) is 9.37 Å². The fourth-order valence-electron chi connectivity index (χ4n) is 1.42. The van der Waals surface area contributed by atoms with E-state index in [1.165, 1.54) is 23.9 Å². The summed E-state index contributed by atoms with van der Waals surface area (Å²) in [6.07, 6.45) is 0. The van der Waals surface area contributed by atoms with E-state index in [1.807, 2.05) is 12.1 Å². The fourth-order valence-corrected chi connectivity index (χ4v) is 2.62. The molecule has 0 aromatic heterocycles. The van der Waals surface area contributed by atoms with Gasteiger partial charge in [-0.1, -0.05) is 28.1 Å². The number of carbonyl (C=O) groups excluding carboxylic acids is 1. The molecule has 0 unspecified atom stereocenters. The number of hydrogen-bond acceptors (Lipinski definition) is 2. The summed E-state index contributed by atoms with van der Waals surface area (Å²) in [6.45, 7) is 0. The van der Waals surface area contributed by atoms with Crippen molar-refractivity contribution in [3.63, 3.8) is 0 Å². The lowest BCUT2D eigenvalue weighted by Gasteiger charge is -2.02. The number of carbonyl (C=O) groups is 1. The zero-order valence-corrected chi connectivity index (χ0v) is 11.8. The van der Waals surface area contributed by atoms with Gasteiger partial charge in [-0.3, -0.25) is 4.79 Å². The van der Waals surface area contributed by atoms with Gasteiger partial charge in [0.2, 0.25) is 0 Å². The summed E-state index contributed by atoms with van der Waals surface area (Å²) in [4.78, 5) is 12.8. The van der Waals surface area contributed by atoms with E-state index in [2.05, 4.69) is 15.9 Å². The van der Waals surface area contributed by atoms with Gasteiger partial charge >= 0.3 is 0 Å². The van der Waals surface area contributed by atoms with Crippen LogP contribution in [0.2, 0.25) is 0 Å². The second kappa shape index (κ2) is 6.16. The molecule has 0 amide bonds. The largest absolute Gasteiger partial charge is 0.293 e. The maximum atomic E-state index is 12.7. The van der Waals surface area contributed by atoms with Gasteiger partial charge < -0.3 is 0 Å². The van der Waals surface area contributed by atoms with Crippen LogP contribution >= 0.6 is 27.7 Å². The molecular weight excluding hydrogens is 315 g/mol. The molecule has 2 rings (SSSR count). The molecule has 0 heterocycles. The molecule has 0 fully saturated rings. The molecule has 0 N–H and O–H groups in total. The Morgan fingerprint density at radius 3 is 2.56 bits per heavy atom. The van der Waals surface area contributed by atoms with Gasteiger partial charge in [0.15, 0.2) is 5.78 Å². The third-order valence-electron chi connectivity index (χ3n) is 2.33. The number of halogens is 2. The number of benzene rings is 2. The highest BCUT2D eigenvalue weighted by molar-refractivity contribution is 9.10. The van der Waals surface area contributed by atoms with E-state index in [-0.39, 0.29) is 11.6 Å². The van der Waals surface area contributed by atoms with Crippen LogP contribution in [-0.2, 0) is 0 Å². The Labute approximate surface area is 118 Å². The predicted molar refractivity (Wildman–Crippen MR) is 75.6 cm³/mol. The van der Waals surface area contributed by atoms with E-state index < -0.39 is 0 Å². The zero-order valence-electron chi connectivity index (χ0n) is 9.40. The third-order valence-corrected chi connectivity index (χ3v) is 3.84. The van der Waals surface area contributed by atoms with Gasteiger partial charge in [-0.2, -0.15) is 0 Å². The summed E-state index contributed by atoms with van der Waals surface area (Å²) in [5.74, 6) is 0.144. The second-order valence-corrected chi connectivity index (χ2v) is 5.64. The lowest BCUT2D eigenvalue weighted by molar-refractivity contribution is 0.102. The standard InChI is InChI=1S/C14H10BrFOS/c15-11-3-1-2-10(8-11)14(17)9-18-13-6-4-12(16)5-7-13/h1-8H,9H2. The maximum absolute atomic E-state index is 12.7. The molecule has 0 bridgehead atoms. The molecular formula is C14H10BrFOS. The Morgan fingerprint density at radius 1 is 1.17 bits per heavy atom. The van der Waals surface area contributed by atoms with Crippen molar-refractivity contribution in [3.05, 3.63) is 64.4 Å². The van der Waals surface area contributed by atoms with Crippen LogP contribution in [-0.4, -0.2) is 11.5 Å². The van der Waals surface area contributed by atoms with Gasteiger partial charge in [0.25, 0.3) is 0 Å². The second-order valence-electron chi connectivity index (χ2n) is 3.68. The molecule has 2 aromatic rings. The lowest BCUT2D eigenvalue weighted by Crippen LogP contribution is -2.01. The van der Waals surface area contributed by atoms with Crippen LogP contribution in [0, 0.1) is 5.82 Å². The normalized spacial score (nSPS) is 10.3. The van der Waals surface area contributed by atoms with E-state index in [9.17, 15) is 9.18 Å². The molecule has 0 saturated heterocycles. The maximum Gasteiger partial charge on any atom is 0.173 e. The molecule has 0 atom stereocenters. The van der Waals surface area contributed by atoms with E-state index >= 15 is 0 Å². The van der Waals surface area contributed by atoms with Crippen molar-refractivity contribution in [2.45, 2.75) is 4.90 Å². The first-order chi connectivity index (χ1) is 8.65. The molecule has 1 nitrogen and oxygen atoms in total. The predicted octanol–water partition coefficient (Wildman–Crippen LogP) is 4.56. The minimum absolute atomic E-state index is 0.0608. The van der Waals surface area contributed by atoms with Gasteiger partial charge in [-0.25, -0.2) is 4.39 Å². The van der Waals surface area contributed by atoms with Gasteiger partial charge in [0, 0.05) is 14.9 Å². The molecule has 0 aliphatic carbocycles. The molecule has 92 valence electrons. The Bertz CT molecular complexity index is 554. The summed E-state index contributed by atoms with van der Waals surface area (Å²) >= 11 is 4.74. The highest BCUT2D eigenvalue weighted by Crippen LogP contribution is 2.20. The van der Waals surface area contributed by atoms with Gasteiger partial charge in [0.05, 0.1) is 5.75 Å². The van der Waals surface area contributed by atoms with Crippen LogP contribution in [0.15, 0.2) is 57.9 Å². The van der Waals surface area contributed by atoms with Crippen molar-refractivity contribution in [1.82, 2.24) is 0 Å². The van der Waals surface area contributed by atoms with Gasteiger partial charge in [-0.05, 0) is 36.4 Å². The van der Waals surface area contributed by atoms with E-state index in [4.69, 9.17) is 0 Å². The van der Waals surface area contributed by atoms with Gasteiger partial charge in [-0.15, -0.1) is 11.8 Å². The zero-order chi connectivity index (χ0) is 13.0. The van der Waals surface area contributed by atoms with Crippen molar-refractivity contribution in [3.8, 4) is 0 Å². The van der Waals surface area contributed by atoms with Crippen molar-refractivity contribution in [1.29, 1.82) is 0 Å². The third kappa shape index (κ3) is 3.68. The number of Topliss-reactive ketones (excluding diaryl/α,β-unsaturated/α-hetero) is 1. The monoisotopic (exact) mass is 324 g/mol. The first-order valence-corrected chi connectivity index (χ1v) is 7.10. The van der Waals surface area contributed by atoms with Crippen LogP contribution in [0.25, 0.3) is 0 Å². The average molecular weight is 325 g/mol. The van der Waals surface area contributed by atoms with Crippen LogP contribution in [0.5, 0.6) is 0 Å². The highest BCUT2D eigenvalue weighted by atomic mass is 79.9. The quantitative estimate of drug-likeness (QED) is 0.605. The minimum Gasteiger partial charge on any atom is -0.293 e. The summed E-state index contributed by atoms with van der Waals surface area (Å²) in [5.41, 5.74) is 0.680. The molecule has 0 saturated carbocycles. The van der Waals surface area contributed by atoms with Crippen molar-refractivity contribution in [2.75, 3.05) is 5.75 Å². The first kappa shape index (κ1) is 13.3. The average Bonchev–Trinajstić information content (AvgIpc) is 2.38. The van der Waals surface area contributed by atoms with Crippen molar-refractivity contribution in [2.24, 2.45) is 0 Å². The van der Waals surface area contributed by atoms with Crippen LogP contribution < -0.4 is 0 Å². The number of hydrogen-bond donors (Lipinski definition) is 0. The van der Waals surface area contributed by atoms with Gasteiger partial charge in [0.1, 0.15) is 5.82 Å².